The molecule has 2 heterocycles. The summed E-state index contributed by atoms with van der Waals surface area (Å²) >= 11 is 7.93. The lowest BCUT2D eigenvalue weighted by atomic mass is 10.1. The largest absolute Gasteiger partial charge is 0.246 e. The molecule has 4 rings (SSSR count). The Labute approximate surface area is 155 Å². The summed E-state index contributed by atoms with van der Waals surface area (Å²) < 4.78 is 1.89. The van der Waals surface area contributed by atoms with Gasteiger partial charge in [0.05, 0.1) is 11.2 Å². The van der Waals surface area contributed by atoms with Crippen molar-refractivity contribution in [2.45, 2.75) is 17.7 Å². The van der Waals surface area contributed by atoms with Crippen molar-refractivity contribution in [3.05, 3.63) is 83.1 Å². The van der Waals surface area contributed by atoms with E-state index in [9.17, 15) is 0 Å². The summed E-state index contributed by atoms with van der Waals surface area (Å²) in [4.78, 5) is 4.54. The minimum absolute atomic E-state index is 0.775. The molecule has 0 aliphatic heterocycles. The van der Waals surface area contributed by atoms with Crippen LogP contribution >= 0.6 is 23.4 Å². The summed E-state index contributed by atoms with van der Waals surface area (Å²) in [7, 11) is 0. The van der Waals surface area contributed by atoms with Crippen LogP contribution in [-0.2, 0) is 5.75 Å². The second kappa shape index (κ2) is 6.90. The number of nitrogens with zero attached hydrogens (tertiary/aromatic N) is 3. The van der Waals surface area contributed by atoms with Crippen LogP contribution in [0.2, 0.25) is 5.02 Å². The number of thioether (sulfide) groups is 1. The number of hydrogen-bond donors (Lipinski definition) is 0. The van der Waals surface area contributed by atoms with Gasteiger partial charge in [-0.15, -0.1) is 0 Å². The molecule has 0 atom stereocenters. The van der Waals surface area contributed by atoms with Crippen LogP contribution in [0.5, 0.6) is 0 Å². The maximum Gasteiger partial charge on any atom is 0.122 e. The van der Waals surface area contributed by atoms with Gasteiger partial charge in [0.15, 0.2) is 0 Å². The van der Waals surface area contributed by atoms with E-state index in [1.165, 1.54) is 5.56 Å². The van der Waals surface area contributed by atoms with Gasteiger partial charge in [-0.05, 0) is 30.2 Å². The molecule has 2 aromatic carbocycles. The van der Waals surface area contributed by atoms with Gasteiger partial charge in [-0.2, -0.15) is 5.10 Å². The summed E-state index contributed by atoms with van der Waals surface area (Å²) in [5.41, 5.74) is 5.44. The molecule has 0 fully saturated rings. The zero-order valence-electron chi connectivity index (χ0n) is 13.7. The average Bonchev–Trinajstić information content (AvgIpc) is 3.06. The van der Waals surface area contributed by atoms with Crippen molar-refractivity contribution < 1.29 is 0 Å². The van der Waals surface area contributed by atoms with Gasteiger partial charge in [0.2, 0.25) is 0 Å². The highest BCUT2D eigenvalue weighted by molar-refractivity contribution is 7.98. The molecular weight excluding hydrogens is 350 g/mol. The molecular formula is C20H16ClN3S. The molecule has 4 aromatic rings. The third kappa shape index (κ3) is 3.28. The third-order valence-corrected chi connectivity index (χ3v) is 5.51. The predicted octanol–water partition coefficient (Wildman–Crippen LogP) is 5.65. The highest BCUT2D eigenvalue weighted by Crippen LogP contribution is 2.30. The zero-order valence-corrected chi connectivity index (χ0v) is 15.3. The Morgan fingerprint density at radius 2 is 1.88 bits per heavy atom. The first-order valence-corrected chi connectivity index (χ1v) is 9.35. The van der Waals surface area contributed by atoms with Crippen molar-refractivity contribution in [1.29, 1.82) is 0 Å². The molecule has 0 aliphatic carbocycles. The van der Waals surface area contributed by atoms with E-state index in [-0.39, 0.29) is 0 Å². The Kier molecular flexibility index (Phi) is 4.47. The van der Waals surface area contributed by atoms with Crippen molar-refractivity contribution in [1.82, 2.24) is 14.6 Å². The number of halogens is 1. The Balaban J connectivity index is 1.69. The molecule has 0 amide bonds. The van der Waals surface area contributed by atoms with E-state index >= 15 is 0 Å². The Morgan fingerprint density at radius 3 is 2.72 bits per heavy atom. The predicted molar refractivity (Wildman–Crippen MR) is 104 cm³/mol. The molecule has 0 radical (unpaired) electrons. The second-order valence-electron chi connectivity index (χ2n) is 5.79. The van der Waals surface area contributed by atoms with Crippen LogP contribution in [-0.4, -0.2) is 14.6 Å². The monoisotopic (exact) mass is 365 g/mol. The summed E-state index contributed by atoms with van der Waals surface area (Å²) in [6.45, 7) is 2.10. The number of benzene rings is 2. The summed E-state index contributed by atoms with van der Waals surface area (Å²) in [6, 6.07) is 18.3. The quantitative estimate of drug-likeness (QED) is 0.438. The van der Waals surface area contributed by atoms with Crippen molar-refractivity contribution in [2.24, 2.45) is 0 Å². The van der Waals surface area contributed by atoms with E-state index in [1.807, 2.05) is 47.1 Å². The molecule has 124 valence electrons. The van der Waals surface area contributed by atoms with E-state index < -0.39 is 0 Å². The maximum absolute atomic E-state index is 6.26. The lowest BCUT2D eigenvalue weighted by Crippen LogP contribution is -1.92. The maximum atomic E-state index is 6.26. The van der Waals surface area contributed by atoms with E-state index in [1.54, 1.807) is 18.0 Å². The molecule has 0 spiro atoms. The van der Waals surface area contributed by atoms with Gasteiger partial charge in [0.25, 0.3) is 0 Å². The van der Waals surface area contributed by atoms with Crippen molar-refractivity contribution in [2.75, 3.05) is 0 Å². The van der Waals surface area contributed by atoms with Crippen molar-refractivity contribution in [3.63, 3.8) is 0 Å². The number of rotatable bonds is 4. The molecule has 0 unspecified atom stereocenters. The van der Waals surface area contributed by atoms with Crippen LogP contribution in [0.15, 0.2) is 72.0 Å². The summed E-state index contributed by atoms with van der Waals surface area (Å²) in [6.07, 6.45) is 3.67. The lowest BCUT2D eigenvalue weighted by molar-refractivity contribution is 0.920. The fraction of sp³-hybridized carbons (Fsp3) is 0.100. The van der Waals surface area contributed by atoms with E-state index in [4.69, 9.17) is 16.7 Å². The standard InChI is InChI=1S/C20H16ClN3S/c1-14-6-2-4-8-16(14)18-12-19-20(22-10-11-24(19)23-18)25-13-15-7-3-5-9-17(15)21/h2-12H,13H2,1H3. The lowest BCUT2D eigenvalue weighted by Gasteiger charge is -2.04. The Bertz CT molecular complexity index is 1040. The molecule has 0 bridgehead atoms. The number of fused-ring (bicyclic) bond motifs is 1. The van der Waals surface area contributed by atoms with Gasteiger partial charge in [0, 0.05) is 28.7 Å². The Hall–Kier alpha value is -2.30. The van der Waals surface area contributed by atoms with Gasteiger partial charge in [-0.3, -0.25) is 0 Å². The fourth-order valence-corrected chi connectivity index (χ4v) is 4.02. The summed E-state index contributed by atoms with van der Waals surface area (Å²) in [5.74, 6) is 0.775. The minimum Gasteiger partial charge on any atom is -0.246 e. The second-order valence-corrected chi connectivity index (χ2v) is 7.16. The topological polar surface area (TPSA) is 30.2 Å². The number of hydrogen-bond acceptors (Lipinski definition) is 3. The van der Waals surface area contributed by atoms with Crippen molar-refractivity contribution >= 4 is 28.9 Å². The van der Waals surface area contributed by atoms with Gasteiger partial charge >= 0.3 is 0 Å². The molecule has 0 aliphatic rings. The van der Waals surface area contributed by atoms with Crippen LogP contribution in [0.4, 0.5) is 0 Å². The third-order valence-electron chi connectivity index (χ3n) is 4.10. The molecule has 0 N–H and O–H groups in total. The highest BCUT2D eigenvalue weighted by Gasteiger charge is 2.11. The zero-order chi connectivity index (χ0) is 17.2. The molecule has 2 aromatic heterocycles. The van der Waals surface area contributed by atoms with E-state index in [0.29, 0.717) is 0 Å². The van der Waals surface area contributed by atoms with Gasteiger partial charge < -0.3 is 0 Å². The van der Waals surface area contributed by atoms with Crippen molar-refractivity contribution in [3.8, 4) is 11.3 Å². The first-order chi connectivity index (χ1) is 12.2. The highest BCUT2D eigenvalue weighted by atomic mass is 35.5. The summed E-state index contributed by atoms with van der Waals surface area (Å²) in [5, 5.41) is 6.46. The molecule has 0 saturated carbocycles. The van der Waals surface area contributed by atoms with Crippen LogP contribution in [0.3, 0.4) is 0 Å². The normalized spacial score (nSPS) is 11.1. The van der Waals surface area contributed by atoms with Crippen LogP contribution in [0.1, 0.15) is 11.1 Å². The van der Waals surface area contributed by atoms with Gasteiger partial charge in [-0.1, -0.05) is 65.8 Å². The SMILES string of the molecule is Cc1ccccc1-c1cc2c(SCc3ccccc3Cl)nccn2n1. The van der Waals surface area contributed by atoms with Crippen LogP contribution in [0, 0.1) is 6.92 Å². The van der Waals surface area contributed by atoms with Gasteiger partial charge in [-0.25, -0.2) is 9.50 Å². The minimum atomic E-state index is 0.775. The molecule has 25 heavy (non-hydrogen) atoms. The first kappa shape index (κ1) is 16.2. The Morgan fingerprint density at radius 1 is 1.08 bits per heavy atom. The fourth-order valence-electron chi connectivity index (χ4n) is 2.76. The van der Waals surface area contributed by atoms with E-state index in [2.05, 4.69) is 30.1 Å². The molecule has 3 nitrogen and oxygen atoms in total. The average molecular weight is 366 g/mol. The molecule has 0 saturated heterocycles. The smallest absolute Gasteiger partial charge is 0.122 e. The molecule has 5 heteroatoms. The number of aromatic nitrogens is 3. The first-order valence-electron chi connectivity index (χ1n) is 7.99. The number of aryl methyl sites for hydroxylation is 1. The van der Waals surface area contributed by atoms with Crippen LogP contribution < -0.4 is 0 Å². The van der Waals surface area contributed by atoms with Gasteiger partial charge in [0.1, 0.15) is 5.03 Å². The van der Waals surface area contributed by atoms with Crippen LogP contribution in [0.25, 0.3) is 16.8 Å². The van der Waals surface area contributed by atoms with E-state index in [0.717, 1.165) is 38.1 Å².